The van der Waals surface area contributed by atoms with E-state index in [4.69, 9.17) is 5.73 Å². The second-order valence-corrected chi connectivity index (χ2v) is 4.25. The Labute approximate surface area is 78.8 Å². The highest BCUT2D eigenvalue weighted by Gasteiger charge is 2.12. The minimum Gasteiger partial charge on any atom is -0.325 e. The minimum absolute atomic E-state index is 0.151. The van der Waals surface area contributed by atoms with Crippen LogP contribution in [-0.2, 0) is 6.42 Å². The van der Waals surface area contributed by atoms with Crippen molar-refractivity contribution in [3.05, 3.63) is 35.1 Å². The Morgan fingerprint density at radius 1 is 1.38 bits per heavy atom. The van der Waals surface area contributed by atoms with Gasteiger partial charge in [0.1, 0.15) is 5.82 Å². The molecule has 0 heterocycles. The molecule has 0 fully saturated rings. The number of benzene rings is 1. The van der Waals surface area contributed by atoms with E-state index in [1.807, 2.05) is 19.9 Å². The van der Waals surface area contributed by atoms with Gasteiger partial charge in [0, 0.05) is 5.54 Å². The van der Waals surface area contributed by atoms with Crippen molar-refractivity contribution in [2.45, 2.75) is 32.7 Å². The smallest absolute Gasteiger partial charge is 0.126 e. The summed E-state index contributed by atoms with van der Waals surface area (Å²) in [7, 11) is 0. The van der Waals surface area contributed by atoms with Gasteiger partial charge in [-0.2, -0.15) is 0 Å². The molecule has 0 saturated heterocycles. The predicted octanol–water partition coefficient (Wildman–Crippen LogP) is 2.41. The maximum atomic E-state index is 13.1. The third kappa shape index (κ3) is 3.15. The number of aryl methyl sites for hydroxylation is 1. The van der Waals surface area contributed by atoms with Gasteiger partial charge in [0.15, 0.2) is 0 Å². The quantitative estimate of drug-likeness (QED) is 0.745. The summed E-state index contributed by atoms with van der Waals surface area (Å²) in [5.41, 5.74) is 7.19. The highest BCUT2D eigenvalue weighted by atomic mass is 19.1. The van der Waals surface area contributed by atoms with E-state index in [1.165, 1.54) is 0 Å². The zero-order chi connectivity index (χ0) is 10.1. The summed E-state index contributed by atoms with van der Waals surface area (Å²) in [6.45, 7) is 5.63. The normalized spacial score (nSPS) is 11.8. The fourth-order valence-electron chi connectivity index (χ4n) is 1.27. The maximum Gasteiger partial charge on any atom is 0.126 e. The number of halogens is 1. The van der Waals surface area contributed by atoms with E-state index < -0.39 is 0 Å². The summed E-state index contributed by atoms with van der Waals surface area (Å²) in [5, 5.41) is 0. The van der Waals surface area contributed by atoms with Crippen molar-refractivity contribution < 1.29 is 4.39 Å². The van der Waals surface area contributed by atoms with Gasteiger partial charge < -0.3 is 5.73 Å². The second-order valence-electron chi connectivity index (χ2n) is 4.25. The minimum atomic E-state index is -0.276. The summed E-state index contributed by atoms with van der Waals surface area (Å²) in [6.07, 6.45) is 0.699. The lowest BCUT2D eigenvalue weighted by Crippen LogP contribution is -2.34. The summed E-state index contributed by atoms with van der Waals surface area (Å²) in [5.74, 6) is -0.151. The molecule has 0 bridgehead atoms. The molecule has 72 valence electrons. The van der Waals surface area contributed by atoms with Crippen molar-refractivity contribution in [2.75, 3.05) is 0 Å². The number of hydrogen-bond acceptors (Lipinski definition) is 1. The van der Waals surface area contributed by atoms with E-state index in [0.29, 0.717) is 12.0 Å². The van der Waals surface area contributed by atoms with Crippen LogP contribution in [0.15, 0.2) is 18.2 Å². The lowest BCUT2D eigenvalue weighted by atomic mass is 9.95. The lowest BCUT2D eigenvalue weighted by Gasteiger charge is -2.18. The molecule has 0 radical (unpaired) electrons. The monoisotopic (exact) mass is 181 g/mol. The summed E-state index contributed by atoms with van der Waals surface area (Å²) < 4.78 is 13.1. The Kier molecular flexibility index (Phi) is 2.71. The third-order valence-corrected chi connectivity index (χ3v) is 1.90. The van der Waals surface area contributed by atoms with Gasteiger partial charge in [-0.3, -0.25) is 0 Å². The molecule has 0 unspecified atom stereocenters. The van der Waals surface area contributed by atoms with Crippen LogP contribution in [0.3, 0.4) is 0 Å². The van der Waals surface area contributed by atoms with Gasteiger partial charge in [-0.1, -0.05) is 12.1 Å². The van der Waals surface area contributed by atoms with Crippen LogP contribution in [0, 0.1) is 12.7 Å². The first kappa shape index (κ1) is 10.2. The number of rotatable bonds is 2. The maximum absolute atomic E-state index is 13.1. The van der Waals surface area contributed by atoms with Gasteiger partial charge in [0.25, 0.3) is 0 Å². The van der Waals surface area contributed by atoms with Gasteiger partial charge in [-0.05, 0) is 44.4 Å². The Morgan fingerprint density at radius 2 is 2.00 bits per heavy atom. The van der Waals surface area contributed by atoms with E-state index in [1.54, 1.807) is 19.1 Å². The van der Waals surface area contributed by atoms with E-state index in [9.17, 15) is 4.39 Å². The average molecular weight is 181 g/mol. The standard InChI is InChI=1S/C11H16FN/c1-8-4-5-9(6-10(8)12)7-11(2,3)13/h4-6H,7,13H2,1-3H3. The molecule has 0 aliphatic rings. The molecule has 2 N–H and O–H groups in total. The van der Waals surface area contributed by atoms with Crippen molar-refractivity contribution in [1.82, 2.24) is 0 Å². The molecule has 0 aliphatic heterocycles. The largest absolute Gasteiger partial charge is 0.325 e. The molecule has 0 aliphatic carbocycles. The van der Waals surface area contributed by atoms with Crippen LogP contribution >= 0.6 is 0 Å². The Bertz CT molecular complexity index is 299. The predicted molar refractivity (Wildman–Crippen MR) is 53.1 cm³/mol. The molecular weight excluding hydrogens is 165 g/mol. The first-order chi connectivity index (χ1) is 5.88. The van der Waals surface area contributed by atoms with Crippen LogP contribution < -0.4 is 5.73 Å². The van der Waals surface area contributed by atoms with Crippen LogP contribution in [0.25, 0.3) is 0 Å². The molecule has 1 aromatic carbocycles. The Morgan fingerprint density at radius 3 is 2.46 bits per heavy atom. The topological polar surface area (TPSA) is 26.0 Å². The third-order valence-electron chi connectivity index (χ3n) is 1.90. The fraction of sp³-hybridized carbons (Fsp3) is 0.455. The summed E-state index contributed by atoms with van der Waals surface area (Å²) >= 11 is 0. The SMILES string of the molecule is Cc1ccc(CC(C)(C)N)cc1F. The van der Waals surface area contributed by atoms with E-state index in [0.717, 1.165) is 5.56 Å². The molecule has 0 aromatic heterocycles. The first-order valence-corrected chi connectivity index (χ1v) is 4.42. The highest BCUT2D eigenvalue weighted by molar-refractivity contribution is 5.24. The van der Waals surface area contributed by atoms with E-state index in [-0.39, 0.29) is 11.4 Å². The molecule has 2 heteroatoms. The Balaban J connectivity index is 2.86. The zero-order valence-electron chi connectivity index (χ0n) is 8.39. The molecule has 13 heavy (non-hydrogen) atoms. The van der Waals surface area contributed by atoms with Crippen molar-refractivity contribution in [2.24, 2.45) is 5.73 Å². The van der Waals surface area contributed by atoms with Crippen LogP contribution in [0.5, 0.6) is 0 Å². The lowest BCUT2D eigenvalue weighted by molar-refractivity contribution is 0.514. The molecule has 1 nitrogen and oxygen atoms in total. The van der Waals surface area contributed by atoms with Crippen molar-refractivity contribution >= 4 is 0 Å². The van der Waals surface area contributed by atoms with Crippen LogP contribution in [0.4, 0.5) is 4.39 Å². The number of nitrogens with two attached hydrogens (primary N) is 1. The Hall–Kier alpha value is -0.890. The fourth-order valence-corrected chi connectivity index (χ4v) is 1.27. The highest BCUT2D eigenvalue weighted by Crippen LogP contribution is 2.13. The van der Waals surface area contributed by atoms with E-state index in [2.05, 4.69) is 0 Å². The average Bonchev–Trinajstić information content (AvgIpc) is 1.94. The summed E-state index contributed by atoms with van der Waals surface area (Å²) in [4.78, 5) is 0. The van der Waals surface area contributed by atoms with Crippen molar-refractivity contribution in [3.63, 3.8) is 0 Å². The second kappa shape index (κ2) is 3.46. The van der Waals surface area contributed by atoms with Gasteiger partial charge in [-0.15, -0.1) is 0 Å². The van der Waals surface area contributed by atoms with Crippen LogP contribution in [0.1, 0.15) is 25.0 Å². The molecule has 1 aromatic rings. The molecule has 0 amide bonds. The van der Waals surface area contributed by atoms with Crippen LogP contribution in [-0.4, -0.2) is 5.54 Å². The van der Waals surface area contributed by atoms with Gasteiger partial charge in [0.2, 0.25) is 0 Å². The van der Waals surface area contributed by atoms with Gasteiger partial charge in [-0.25, -0.2) is 4.39 Å². The van der Waals surface area contributed by atoms with E-state index >= 15 is 0 Å². The number of hydrogen-bond donors (Lipinski definition) is 1. The molecular formula is C11H16FN. The van der Waals surface area contributed by atoms with Crippen LogP contribution in [0.2, 0.25) is 0 Å². The molecule has 0 saturated carbocycles. The van der Waals surface area contributed by atoms with Gasteiger partial charge >= 0.3 is 0 Å². The van der Waals surface area contributed by atoms with Crippen molar-refractivity contribution in [1.29, 1.82) is 0 Å². The van der Waals surface area contributed by atoms with Gasteiger partial charge in [0.05, 0.1) is 0 Å². The molecule has 0 atom stereocenters. The molecule has 1 rings (SSSR count). The zero-order valence-corrected chi connectivity index (χ0v) is 8.39. The van der Waals surface area contributed by atoms with Crippen molar-refractivity contribution in [3.8, 4) is 0 Å². The molecule has 0 spiro atoms. The summed E-state index contributed by atoms with van der Waals surface area (Å²) in [6, 6.07) is 5.27. The first-order valence-electron chi connectivity index (χ1n) is 4.42.